The minimum absolute atomic E-state index is 0.117. The molecule has 0 aliphatic heterocycles. The first-order valence-electron chi connectivity index (χ1n) is 9.89. The Hall–Kier alpha value is -2.44. The first-order chi connectivity index (χ1) is 13.8. The van der Waals surface area contributed by atoms with Gasteiger partial charge in [-0.3, -0.25) is 0 Å². The Balaban J connectivity index is 2.53. The minimum atomic E-state index is -4.76. The van der Waals surface area contributed by atoms with Crippen molar-refractivity contribution in [1.82, 2.24) is 4.98 Å². The molecule has 0 fully saturated rings. The van der Waals surface area contributed by atoms with Crippen molar-refractivity contribution in [2.24, 2.45) is 0 Å². The van der Waals surface area contributed by atoms with E-state index >= 15 is 0 Å². The van der Waals surface area contributed by atoms with Gasteiger partial charge in [0.15, 0.2) is 0 Å². The fourth-order valence-electron chi connectivity index (χ4n) is 3.13. The van der Waals surface area contributed by atoms with Crippen LogP contribution in [-0.2, 0) is 12.8 Å². The zero-order chi connectivity index (χ0) is 21.6. The number of aryl methyl sites for hydroxylation is 2. The Morgan fingerprint density at radius 3 is 2.17 bits per heavy atom. The van der Waals surface area contributed by atoms with Crippen LogP contribution in [0.15, 0.2) is 24.3 Å². The van der Waals surface area contributed by atoms with Crippen LogP contribution in [0, 0.1) is 0 Å². The summed E-state index contributed by atoms with van der Waals surface area (Å²) in [6.07, 6.45) is -1.48. The van der Waals surface area contributed by atoms with Crippen molar-refractivity contribution >= 4 is 0 Å². The van der Waals surface area contributed by atoms with Crippen LogP contribution in [0.25, 0.3) is 11.3 Å². The molecule has 1 aromatic heterocycles. The van der Waals surface area contributed by atoms with E-state index in [1.807, 2.05) is 19.9 Å². The third-order valence-electron chi connectivity index (χ3n) is 4.72. The summed E-state index contributed by atoms with van der Waals surface area (Å²) in [5.74, 6) is 0.697. The van der Waals surface area contributed by atoms with Gasteiger partial charge in [0.25, 0.3) is 0 Å². The number of benzene rings is 1. The molecule has 0 N–H and O–H groups in total. The van der Waals surface area contributed by atoms with Gasteiger partial charge < -0.3 is 14.2 Å². The number of halogens is 3. The topological polar surface area (TPSA) is 40.6 Å². The van der Waals surface area contributed by atoms with Crippen molar-refractivity contribution in [3.8, 4) is 28.5 Å². The Morgan fingerprint density at radius 1 is 0.966 bits per heavy atom. The fraction of sp³-hybridized carbons (Fsp3) is 0.500. The molecule has 0 saturated heterocycles. The Morgan fingerprint density at radius 2 is 1.66 bits per heavy atom. The Labute approximate surface area is 170 Å². The van der Waals surface area contributed by atoms with E-state index in [1.54, 1.807) is 6.07 Å². The third kappa shape index (κ3) is 5.78. The van der Waals surface area contributed by atoms with Crippen molar-refractivity contribution in [3.05, 3.63) is 35.5 Å². The molecule has 4 nitrogen and oxygen atoms in total. The number of aromatic nitrogens is 1. The summed E-state index contributed by atoms with van der Waals surface area (Å²) in [6.45, 7) is 8.16. The molecule has 160 valence electrons. The normalized spacial score (nSPS) is 11.6. The van der Waals surface area contributed by atoms with E-state index in [1.165, 1.54) is 19.2 Å². The van der Waals surface area contributed by atoms with Gasteiger partial charge in [0, 0.05) is 11.6 Å². The molecule has 0 aliphatic carbocycles. The van der Waals surface area contributed by atoms with Crippen LogP contribution in [0.4, 0.5) is 13.2 Å². The van der Waals surface area contributed by atoms with Crippen LogP contribution in [-0.4, -0.2) is 24.6 Å². The van der Waals surface area contributed by atoms with E-state index in [4.69, 9.17) is 14.5 Å². The van der Waals surface area contributed by atoms with Crippen molar-refractivity contribution in [2.75, 3.05) is 7.11 Å². The monoisotopic (exact) mass is 411 g/mol. The summed E-state index contributed by atoms with van der Waals surface area (Å²) in [6, 6.07) is 6.03. The first kappa shape index (κ1) is 22.8. The number of hydrogen-bond donors (Lipinski definition) is 0. The second-order valence-electron chi connectivity index (χ2n) is 6.61. The van der Waals surface area contributed by atoms with E-state index in [0.29, 0.717) is 24.1 Å². The zero-order valence-corrected chi connectivity index (χ0v) is 17.5. The van der Waals surface area contributed by atoms with Crippen LogP contribution in [0.1, 0.15) is 51.8 Å². The number of hydrogen-bond acceptors (Lipinski definition) is 4. The van der Waals surface area contributed by atoms with Crippen molar-refractivity contribution in [1.29, 1.82) is 0 Å². The largest absolute Gasteiger partial charge is 0.573 e. The maximum absolute atomic E-state index is 12.5. The molecule has 1 heterocycles. The summed E-state index contributed by atoms with van der Waals surface area (Å²) in [5.41, 5.74) is 3.03. The van der Waals surface area contributed by atoms with Crippen LogP contribution in [0.2, 0.25) is 0 Å². The standard InChI is InChI=1S/C22H28F3NO3/c1-6-14-12-20(28-15(7-2)8-3)18(9-4)26-21(14)17-11-10-16(13-19(17)27-5)29-22(23,24)25/h10-13,15H,6-9H2,1-5H3. The van der Waals surface area contributed by atoms with Gasteiger partial charge >= 0.3 is 6.36 Å². The summed E-state index contributed by atoms with van der Waals surface area (Å²) in [4.78, 5) is 4.80. The molecule has 2 aromatic rings. The highest BCUT2D eigenvalue weighted by Gasteiger charge is 2.31. The molecule has 1 aromatic carbocycles. The van der Waals surface area contributed by atoms with E-state index in [9.17, 15) is 13.2 Å². The van der Waals surface area contributed by atoms with Gasteiger partial charge in [-0.15, -0.1) is 13.2 Å². The van der Waals surface area contributed by atoms with Crippen molar-refractivity contribution < 1.29 is 27.4 Å². The molecule has 0 saturated carbocycles. The molecule has 0 radical (unpaired) electrons. The predicted octanol–water partition coefficient (Wildman–Crippen LogP) is 6.35. The SMILES string of the molecule is CCc1cc(OC(CC)CC)c(CC)nc1-c1ccc(OC(F)(F)F)cc1OC. The molecule has 29 heavy (non-hydrogen) atoms. The molecule has 0 bridgehead atoms. The average Bonchev–Trinajstić information content (AvgIpc) is 2.70. The van der Waals surface area contributed by atoms with Crippen LogP contribution in [0.5, 0.6) is 17.2 Å². The van der Waals surface area contributed by atoms with Crippen molar-refractivity contribution in [3.63, 3.8) is 0 Å². The number of rotatable bonds is 9. The predicted molar refractivity (Wildman–Crippen MR) is 107 cm³/mol. The molecule has 0 unspecified atom stereocenters. The number of nitrogens with zero attached hydrogens (tertiary/aromatic N) is 1. The number of methoxy groups -OCH3 is 1. The lowest BCUT2D eigenvalue weighted by molar-refractivity contribution is -0.274. The smallest absolute Gasteiger partial charge is 0.496 e. The Bertz CT molecular complexity index is 818. The molecule has 0 atom stereocenters. The maximum atomic E-state index is 12.5. The number of pyridine rings is 1. The Kier molecular flexibility index (Phi) is 7.76. The van der Waals surface area contributed by atoms with E-state index < -0.39 is 6.36 Å². The molecular weight excluding hydrogens is 383 g/mol. The van der Waals surface area contributed by atoms with Gasteiger partial charge in [-0.05, 0) is 49.4 Å². The fourth-order valence-corrected chi connectivity index (χ4v) is 3.13. The molecular formula is C22H28F3NO3. The summed E-state index contributed by atoms with van der Waals surface area (Å²) < 4.78 is 53.1. The van der Waals surface area contributed by atoms with Gasteiger partial charge in [0.05, 0.1) is 24.6 Å². The third-order valence-corrected chi connectivity index (χ3v) is 4.72. The van der Waals surface area contributed by atoms with Crippen molar-refractivity contribution in [2.45, 2.75) is 65.8 Å². The summed E-state index contributed by atoms with van der Waals surface area (Å²) >= 11 is 0. The van der Waals surface area contributed by atoms with Gasteiger partial charge in [-0.25, -0.2) is 4.98 Å². The lowest BCUT2D eigenvalue weighted by atomic mass is 10.0. The quantitative estimate of drug-likeness (QED) is 0.482. The highest BCUT2D eigenvalue weighted by Crippen LogP contribution is 2.38. The summed E-state index contributed by atoms with van der Waals surface area (Å²) in [5, 5.41) is 0. The second kappa shape index (κ2) is 9.85. The molecule has 2 rings (SSSR count). The average molecular weight is 411 g/mol. The second-order valence-corrected chi connectivity index (χ2v) is 6.61. The van der Waals surface area contributed by atoms with Gasteiger partial charge in [0.1, 0.15) is 17.2 Å². The lowest BCUT2D eigenvalue weighted by Crippen LogP contribution is -2.17. The first-order valence-corrected chi connectivity index (χ1v) is 9.89. The maximum Gasteiger partial charge on any atom is 0.573 e. The van der Waals surface area contributed by atoms with E-state index in [-0.39, 0.29) is 17.6 Å². The molecule has 0 amide bonds. The van der Waals surface area contributed by atoms with Gasteiger partial charge in [-0.2, -0.15) is 0 Å². The number of alkyl halides is 3. The van der Waals surface area contributed by atoms with E-state index in [2.05, 4.69) is 18.6 Å². The lowest BCUT2D eigenvalue weighted by Gasteiger charge is -2.21. The minimum Gasteiger partial charge on any atom is -0.496 e. The molecule has 0 aliphatic rings. The van der Waals surface area contributed by atoms with Gasteiger partial charge in [-0.1, -0.05) is 27.7 Å². The van der Waals surface area contributed by atoms with Crippen LogP contribution in [0.3, 0.4) is 0 Å². The van der Waals surface area contributed by atoms with Crippen LogP contribution < -0.4 is 14.2 Å². The number of ether oxygens (including phenoxy) is 3. The zero-order valence-electron chi connectivity index (χ0n) is 17.5. The highest BCUT2D eigenvalue weighted by atomic mass is 19.4. The van der Waals surface area contributed by atoms with E-state index in [0.717, 1.165) is 29.8 Å². The van der Waals surface area contributed by atoms with Crippen LogP contribution >= 0.6 is 0 Å². The molecule has 0 spiro atoms. The summed E-state index contributed by atoms with van der Waals surface area (Å²) in [7, 11) is 1.41. The molecule has 7 heteroatoms. The highest BCUT2D eigenvalue weighted by molar-refractivity contribution is 5.72. The van der Waals surface area contributed by atoms with Gasteiger partial charge in [0.2, 0.25) is 0 Å².